The molecule has 0 saturated heterocycles. The first-order valence-electron chi connectivity index (χ1n) is 7.77. The summed E-state index contributed by atoms with van der Waals surface area (Å²) in [7, 11) is -3.38. The highest BCUT2D eigenvalue weighted by atomic mass is 32.2. The van der Waals surface area contributed by atoms with Crippen LogP contribution in [0.3, 0.4) is 0 Å². The van der Waals surface area contributed by atoms with Gasteiger partial charge in [0.1, 0.15) is 0 Å². The highest BCUT2D eigenvalue weighted by Gasteiger charge is 2.11. The van der Waals surface area contributed by atoms with Gasteiger partial charge >= 0.3 is 0 Å². The fourth-order valence-electron chi connectivity index (χ4n) is 2.03. The Morgan fingerprint density at radius 3 is 2.33 bits per heavy atom. The molecular weight excluding hydrogens is 282 g/mol. The minimum Gasteiger partial charge on any atom is -0.207 e. The normalized spacial score (nSPS) is 12.1. The van der Waals surface area contributed by atoms with E-state index in [0.29, 0.717) is 11.4 Å². The van der Waals surface area contributed by atoms with Crippen molar-refractivity contribution in [3.63, 3.8) is 0 Å². The fourth-order valence-corrected chi connectivity index (χ4v) is 3.00. The molecule has 21 heavy (non-hydrogen) atoms. The van der Waals surface area contributed by atoms with Crippen molar-refractivity contribution in [2.24, 2.45) is 0 Å². The Kier molecular flexibility index (Phi) is 8.31. The predicted octanol–water partition coefficient (Wildman–Crippen LogP) is 4.19. The molecule has 0 spiro atoms. The van der Waals surface area contributed by atoms with Crippen LogP contribution < -0.4 is 4.72 Å². The standard InChI is InChI=1S/C17H27NO2S/c1-3-4-5-6-7-8-9-10-15-18-21(19,20)17-13-11-16(2)12-14-17/h9-14,18H,3-8,15H2,1-2H3/b10-9+. The highest BCUT2D eigenvalue weighted by Crippen LogP contribution is 2.09. The van der Waals surface area contributed by atoms with Crippen molar-refractivity contribution in [1.82, 2.24) is 4.72 Å². The van der Waals surface area contributed by atoms with Crippen molar-refractivity contribution >= 4 is 10.0 Å². The molecule has 0 amide bonds. The molecule has 1 aromatic carbocycles. The maximum Gasteiger partial charge on any atom is 0.240 e. The van der Waals surface area contributed by atoms with Crippen LogP contribution in [0, 0.1) is 6.92 Å². The monoisotopic (exact) mass is 309 g/mol. The van der Waals surface area contributed by atoms with Crippen LogP contribution >= 0.6 is 0 Å². The van der Waals surface area contributed by atoms with Crippen molar-refractivity contribution in [3.8, 4) is 0 Å². The highest BCUT2D eigenvalue weighted by molar-refractivity contribution is 7.89. The molecule has 0 atom stereocenters. The molecule has 0 aromatic heterocycles. The van der Waals surface area contributed by atoms with Gasteiger partial charge in [-0.3, -0.25) is 0 Å². The Morgan fingerprint density at radius 2 is 1.67 bits per heavy atom. The minimum atomic E-state index is -3.38. The summed E-state index contributed by atoms with van der Waals surface area (Å²) in [6.45, 7) is 4.50. The van der Waals surface area contributed by atoms with E-state index in [4.69, 9.17) is 0 Å². The molecule has 118 valence electrons. The summed E-state index contributed by atoms with van der Waals surface area (Å²) in [5.74, 6) is 0. The Bertz CT molecular complexity index is 518. The molecule has 4 heteroatoms. The van der Waals surface area contributed by atoms with Crippen molar-refractivity contribution in [2.45, 2.75) is 57.3 Å². The second-order valence-electron chi connectivity index (χ2n) is 5.34. The van der Waals surface area contributed by atoms with Gasteiger partial charge in [0.05, 0.1) is 4.90 Å². The molecule has 0 aliphatic carbocycles. The van der Waals surface area contributed by atoms with Gasteiger partial charge < -0.3 is 0 Å². The zero-order valence-corrected chi connectivity index (χ0v) is 14.0. The van der Waals surface area contributed by atoms with Crippen molar-refractivity contribution in [3.05, 3.63) is 42.0 Å². The molecule has 1 aromatic rings. The first kappa shape index (κ1) is 17.9. The van der Waals surface area contributed by atoms with E-state index < -0.39 is 10.0 Å². The summed E-state index contributed by atoms with van der Waals surface area (Å²) in [5.41, 5.74) is 1.05. The van der Waals surface area contributed by atoms with Gasteiger partial charge in [0, 0.05) is 6.54 Å². The largest absolute Gasteiger partial charge is 0.240 e. The maximum atomic E-state index is 12.0. The summed E-state index contributed by atoms with van der Waals surface area (Å²) < 4.78 is 26.6. The predicted molar refractivity (Wildman–Crippen MR) is 88.9 cm³/mol. The van der Waals surface area contributed by atoms with Crippen molar-refractivity contribution < 1.29 is 8.42 Å². The van der Waals surface area contributed by atoms with E-state index in [2.05, 4.69) is 17.7 Å². The van der Waals surface area contributed by atoms with E-state index in [1.165, 1.54) is 32.1 Å². The van der Waals surface area contributed by atoms with Crippen LogP contribution in [-0.4, -0.2) is 15.0 Å². The van der Waals surface area contributed by atoms with Gasteiger partial charge in [-0.15, -0.1) is 0 Å². The second-order valence-corrected chi connectivity index (χ2v) is 7.11. The molecule has 0 aliphatic heterocycles. The number of benzene rings is 1. The SMILES string of the molecule is CCCCCCC/C=C/CNS(=O)(=O)c1ccc(C)cc1. The van der Waals surface area contributed by atoms with Crippen LogP contribution in [0.2, 0.25) is 0 Å². The van der Waals surface area contributed by atoms with Crippen LogP contribution in [-0.2, 0) is 10.0 Å². The number of hydrogen-bond acceptors (Lipinski definition) is 2. The Hall–Kier alpha value is -1.13. The Labute approximate surface area is 129 Å². The number of unbranched alkanes of at least 4 members (excludes halogenated alkanes) is 5. The van der Waals surface area contributed by atoms with Gasteiger partial charge in [-0.25, -0.2) is 13.1 Å². The molecule has 0 saturated carbocycles. The Morgan fingerprint density at radius 1 is 1.00 bits per heavy atom. The number of allylic oxidation sites excluding steroid dienone is 1. The number of hydrogen-bond donors (Lipinski definition) is 1. The van der Waals surface area contributed by atoms with Crippen LogP contribution in [0.4, 0.5) is 0 Å². The molecular formula is C17H27NO2S. The molecule has 0 bridgehead atoms. The molecule has 0 heterocycles. The average Bonchev–Trinajstić information content (AvgIpc) is 2.46. The van der Waals surface area contributed by atoms with Crippen LogP contribution in [0.15, 0.2) is 41.3 Å². The number of rotatable bonds is 10. The first-order chi connectivity index (χ1) is 10.1. The summed E-state index contributed by atoms with van der Waals surface area (Å²) in [6.07, 6.45) is 11.3. The molecule has 0 unspecified atom stereocenters. The van der Waals surface area contributed by atoms with Gasteiger partial charge in [-0.1, -0.05) is 62.5 Å². The van der Waals surface area contributed by atoms with E-state index in [-0.39, 0.29) is 0 Å². The van der Waals surface area contributed by atoms with Gasteiger partial charge in [0.15, 0.2) is 0 Å². The number of nitrogens with one attached hydrogen (secondary N) is 1. The van der Waals surface area contributed by atoms with Crippen LogP contribution in [0.1, 0.15) is 51.0 Å². The van der Waals surface area contributed by atoms with Crippen molar-refractivity contribution in [2.75, 3.05) is 6.54 Å². The Balaban J connectivity index is 2.26. The first-order valence-corrected chi connectivity index (χ1v) is 9.26. The lowest BCUT2D eigenvalue weighted by molar-refractivity contribution is 0.585. The number of aryl methyl sites for hydroxylation is 1. The molecule has 0 aliphatic rings. The van der Waals surface area contributed by atoms with Gasteiger partial charge in [0.25, 0.3) is 0 Å². The minimum absolute atomic E-state index is 0.320. The third-order valence-corrected chi connectivity index (χ3v) is 4.80. The third kappa shape index (κ3) is 7.44. The van der Waals surface area contributed by atoms with E-state index in [1.807, 2.05) is 13.0 Å². The zero-order valence-electron chi connectivity index (χ0n) is 13.1. The second kappa shape index (κ2) is 9.74. The average molecular weight is 309 g/mol. The van der Waals surface area contributed by atoms with Crippen molar-refractivity contribution in [1.29, 1.82) is 0 Å². The van der Waals surface area contributed by atoms with Gasteiger partial charge in [-0.05, 0) is 31.9 Å². The van der Waals surface area contributed by atoms with E-state index in [1.54, 1.807) is 24.3 Å². The van der Waals surface area contributed by atoms with Crippen LogP contribution in [0.5, 0.6) is 0 Å². The number of sulfonamides is 1. The summed E-state index contributed by atoms with van der Waals surface area (Å²) in [4.78, 5) is 0.320. The zero-order chi connectivity index (χ0) is 15.6. The lowest BCUT2D eigenvalue weighted by Crippen LogP contribution is -2.23. The molecule has 0 radical (unpaired) electrons. The molecule has 1 N–H and O–H groups in total. The fraction of sp³-hybridized carbons (Fsp3) is 0.529. The lowest BCUT2D eigenvalue weighted by Gasteiger charge is -2.04. The summed E-state index contributed by atoms with van der Waals surface area (Å²) in [6, 6.07) is 6.88. The van der Waals surface area contributed by atoms with Gasteiger partial charge in [0.2, 0.25) is 10.0 Å². The van der Waals surface area contributed by atoms with Crippen LogP contribution in [0.25, 0.3) is 0 Å². The molecule has 0 fully saturated rings. The van der Waals surface area contributed by atoms with E-state index >= 15 is 0 Å². The lowest BCUT2D eigenvalue weighted by atomic mass is 10.1. The summed E-state index contributed by atoms with van der Waals surface area (Å²) >= 11 is 0. The molecule has 1 rings (SSSR count). The van der Waals surface area contributed by atoms with E-state index in [0.717, 1.165) is 12.0 Å². The third-order valence-electron chi connectivity index (χ3n) is 3.36. The quantitative estimate of drug-likeness (QED) is 0.520. The molecule has 3 nitrogen and oxygen atoms in total. The summed E-state index contributed by atoms with van der Waals surface area (Å²) in [5, 5.41) is 0. The topological polar surface area (TPSA) is 46.2 Å². The smallest absolute Gasteiger partial charge is 0.207 e. The maximum absolute atomic E-state index is 12.0. The van der Waals surface area contributed by atoms with Gasteiger partial charge in [-0.2, -0.15) is 0 Å². The van der Waals surface area contributed by atoms with E-state index in [9.17, 15) is 8.42 Å².